The quantitative estimate of drug-likeness (QED) is 0.252. The van der Waals surface area contributed by atoms with Crippen LogP contribution in [0.25, 0.3) is 0 Å². The topological polar surface area (TPSA) is 24.7 Å². The van der Waals surface area contributed by atoms with Gasteiger partial charge in [-0.1, -0.05) is 31.9 Å². The summed E-state index contributed by atoms with van der Waals surface area (Å²) in [4.78, 5) is 9.57. The number of aliphatic imine (C=N–C) groups is 2. The van der Waals surface area contributed by atoms with Gasteiger partial charge in [-0.25, -0.2) is 0 Å². The second-order valence-electron chi connectivity index (χ2n) is 7.01. The van der Waals surface area contributed by atoms with Gasteiger partial charge in [0.15, 0.2) is 0 Å². The van der Waals surface area contributed by atoms with Crippen LogP contribution in [0.3, 0.4) is 0 Å². The van der Waals surface area contributed by atoms with Gasteiger partial charge in [0.1, 0.15) is 0 Å². The van der Waals surface area contributed by atoms with Gasteiger partial charge >= 0.3 is 0 Å². The van der Waals surface area contributed by atoms with Crippen molar-refractivity contribution in [2.75, 3.05) is 0 Å². The second-order valence-corrected chi connectivity index (χ2v) is 7.01. The molecule has 0 spiro atoms. The maximum absolute atomic E-state index is 4.88. The van der Waals surface area contributed by atoms with Crippen molar-refractivity contribution in [1.29, 1.82) is 0 Å². The molecule has 0 saturated carbocycles. The Morgan fingerprint density at radius 1 is 0.769 bits per heavy atom. The fraction of sp³-hybridized carbons (Fsp3) is 0.391. The summed E-state index contributed by atoms with van der Waals surface area (Å²) < 4.78 is 0. The first-order chi connectivity index (χ1) is 12.0. The van der Waals surface area contributed by atoms with Crippen LogP contribution in [0, 0.1) is 27.7 Å². The Kier molecular flexibility index (Phi) is 9.70. The molecule has 142 valence electrons. The van der Waals surface area contributed by atoms with E-state index in [1.165, 1.54) is 35.1 Å². The molecule has 0 fully saturated rings. The average Bonchev–Trinajstić information content (AvgIpc) is 2.50. The molecule has 0 atom stereocenters. The molecule has 2 aromatic carbocycles. The van der Waals surface area contributed by atoms with Crippen molar-refractivity contribution in [2.45, 2.75) is 60.3 Å². The summed E-state index contributed by atoms with van der Waals surface area (Å²) in [5.41, 5.74) is 8.06. The van der Waals surface area contributed by atoms with E-state index in [-0.39, 0.29) is 20.4 Å². The third kappa shape index (κ3) is 7.77. The number of nitrogens with zero attached hydrogens (tertiary/aromatic N) is 2. The van der Waals surface area contributed by atoms with Crippen molar-refractivity contribution < 1.29 is 20.4 Å². The molecule has 2 rings (SSSR count). The summed E-state index contributed by atoms with van der Waals surface area (Å²) >= 11 is 0. The minimum Gasteiger partial charge on any atom is -0.255 e. The average molecular weight is 441 g/mol. The Hall–Kier alpha value is -1.56. The molecule has 0 radical (unpaired) electrons. The molecule has 0 amide bonds. The number of aryl methyl sites for hydroxylation is 4. The smallest absolute Gasteiger partial charge is 0.0638 e. The predicted octanol–water partition coefficient (Wildman–Crippen LogP) is 6.97. The van der Waals surface area contributed by atoms with Gasteiger partial charge in [-0.05, 0) is 87.1 Å². The molecule has 2 nitrogen and oxygen atoms in total. The minimum atomic E-state index is 0. The third-order valence-corrected chi connectivity index (χ3v) is 4.08. The van der Waals surface area contributed by atoms with E-state index in [4.69, 9.17) is 9.98 Å². The zero-order valence-electron chi connectivity index (χ0n) is 16.6. The van der Waals surface area contributed by atoms with Crippen LogP contribution in [0.2, 0.25) is 0 Å². The normalized spacial score (nSPS) is 11.7. The minimum absolute atomic E-state index is 0. The van der Waals surface area contributed by atoms with Gasteiger partial charge in [-0.15, -0.1) is 0 Å². The van der Waals surface area contributed by atoms with Crippen LogP contribution in [-0.2, 0) is 20.4 Å². The van der Waals surface area contributed by atoms with Crippen LogP contribution < -0.4 is 0 Å². The van der Waals surface area contributed by atoms with Crippen molar-refractivity contribution in [3.63, 3.8) is 0 Å². The van der Waals surface area contributed by atoms with E-state index in [2.05, 4.69) is 71.0 Å². The van der Waals surface area contributed by atoms with E-state index in [0.29, 0.717) is 0 Å². The van der Waals surface area contributed by atoms with Gasteiger partial charge in [-0.3, -0.25) is 9.98 Å². The van der Waals surface area contributed by atoms with Crippen LogP contribution in [-0.4, -0.2) is 11.9 Å². The zero-order chi connectivity index (χ0) is 18.2. The number of unbranched alkanes of at least 4 members (excludes halogenated alkanes) is 2. The SMILES string of the molecule is CCCCCC(C=Nc1cc(C)cc(C)c1)=Nc1cc(C)cc(C)c1.[Pd]. The maximum atomic E-state index is 4.88. The molecular weight excluding hydrogens is 411 g/mol. The molecule has 0 N–H and O–H groups in total. The first-order valence-electron chi connectivity index (χ1n) is 9.24. The summed E-state index contributed by atoms with van der Waals surface area (Å²) in [6, 6.07) is 12.9. The molecule has 0 aliphatic rings. The molecule has 0 saturated heterocycles. The Bertz CT molecular complexity index is 735. The van der Waals surface area contributed by atoms with Crippen molar-refractivity contribution in [3.8, 4) is 0 Å². The van der Waals surface area contributed by atoms with Crippen LogP contribution in [0.1, 0.15) is 54.9 Å². The first-order valence-corrected chi connectivity index (χ1v) is 9.24. The van der Waals surface area contributed by atoms with E-state index in [1.54, 1.807) is 0 Å². The first kappa shape index (κ1) is 22.5. The number of hydrogen-bond acceptors (Lipinski definition) is 2. The molecule has 0 aliphatic heterocycles. The molecule has 26 heavy (non-hydrogen) atoms. The fourth-order valence-electron chi connectivity index (χ4n) is 3.06. The van der Waals surface area contributed by atoms with Gasteiger partial charge in [-0.2, -0.15) is 0 Å². The van der Waals surface area contributed by atoms with Gasteiger partial charge < -0.3 is 0 Å². The maximum Gasteiger partial charge on any atom is 0.0638 e. The largest absolute Gasteiger partial charge is 0.255 e. The van der Waals surface area contributed by atoms with E-state index < -0.39 is 0 Å². The molecule has 2 aromatic rings. The molecule has 0 heterocycles. The van der Waals surface area contributed by atoms with Crippen molar-refractivity contribution >= 4 is 23.3 Å². The molecule has 3 heteroatoms. The summed E-state index contributed by atoms with van der Waals surface area (Å²) in [6.45, 7) is 10.7. The van der Waals surface area contributed by atoms with E-state index in [0.717, 1.165) is 29.9 Å². The number of rotatable bonds is 7. The molecular formula is C23H30N2Pd. The Morgan fingerprint density at radius 3 is 1.77 bits per heavy atom. The van der Waals surface area contributed by atoms with Crippen LogP contribution >= 0.6 is 0 Å². The molecule has 0 unspecified atom stereocenters. The second kappa shape index (κ2) is 11.2. The number of hydrogen-bond donors (Lipinski definition) is 0. The van der Waals surface area contributed by atoms with Crippen molar-refractivity contribution in [1.82, 2.24) is 0 Å². The fourth-order valence-corrected chi connectivity index (χ4v) is 3.06. The third-order valence-electron chi connectivity index (χ3n) is 4.08. The van der Waals surface area contributed by atoms with Gasteiger partial charge in [0.25, 0.3) is 0 Å². The Morgan fingerprint density at radius 2 is 1.27 bits per heavy atom. The van der Waals surface area contributed by atoms with Crippen molar-refractivity contribution in [3.05, 3.63) is 58.7 Å². The van der Waals surface area contributed by atoms with Crippen molar-refractivity contribution in [2.24, 2.45) is 9.98 Å². The monoisotopic (exact) mass is 440 g/mol. The van der Waals surface area contributed by atoms with E-state index in [1.807, 2.05) is 6.21 Å². The standard InChI is InChI=1S/C23H30N2.Pd/c1-6-7-8-9-21(25-23-14-19(4)11-20(5)15-23)16-24-22-12-17(2)10-18(3)13-22;/h10-16H,6-9H2,1-5H3;. The number of benzene rings is 2. The zero-order valence-corrected chi connectivity index (χ0v) is 18.1. The summed E-state index contributed by atoms with van der Waals surface area (Å²) in [7, 11) is 0. The summed E-state index contributed by atoms with van der Waals surface area (Å²) in [5.74, 6) is 0. The molecule has 0 aromatic heterocycles. The Labute approximate surface area is 172 Å². The van der Waals surface area contributed by atoms with Crippen LogP contribution in [0.15, 0.2) is 46.4 Å². The summed E-state index contributed by atoms with van der Waals surface area (Å²) in [6.07, 6.45) is 6.50. The predicted molar refractivity (Wildman–Crippen MR) is 111 cm³/mol. The molecule has 0 bridgehead atoms. The van der Waals surface area contributed by atoms with E-state index in [9.17, 15) is 0 Å². The summed E-state index contributed by atoms with van der Waals surface area (Å²) in [5, 5.41) is 0. The van der Waals surface area contributed by atoms with E-state index >= 15 is 0 Å². The van der Waals surface area contributed by atoms with Crippen LogP contribution in [0.4, 0.5) is 11.4 Å². The Balaban J connectivity index is 0.00000338. The molecule has 0 aliphatic carbocycles. The van der Waals surface area contributed by atoms with Gasteiger partial charge in [0, 0.05) is 26.6 Å². The van der Waals surface area contributed by atoms with Gasteiger partial charge in [0.05, 0.1) is 17.1 Å². The van der Waals surface area contributed by atoms with Crippen LogP contribution in [0.5, 0.6) is 0 Å². The van der Waals surface area contributed by atoms with Gasteiger partial charge in [0.2, 0.25) is 0 Å².